The topological polar surface area (TPSA) is 69.9 Å². The number of rotatable bonds is 6. The number of benzene rings is 2. The SMILES string of the molecule is COc1ccc(OC)c(-c2cc(Cl)c3c(c2)CC(CNC(=O)c2occc2C)O3)c1. The Balaban J connectivity index is 1.53. The first-order valence-electron chi connectivity index (χ1n) is 9.54. The van der Waals surface area contributed by atoms with Crippen LogP contribution in [0.3, 0.4) is 0 Å². The predicted octanol–water partition coefficient (Wildman–Crippen LogP) is 4.66. The van der Waals surface area contributed by atoms with Crippen LogP contribution in [0, 0.1) is 6.92 Å². The van der Waals surface area contributed by atoms with Crippen LogP contribution in [-0.4, -0.2) is 32.8 Å². The number of carbonyl (C=O) groups excluding carboxylic acids is 1. The molecule has 3 aromatic rings. The normalized spacial score (nSPS) is 14.7. The van der Waals surface area contributed by atoms with Crippen LogP contribution in [0.2, 0.25) is 5.02 Å². The molecule has 0 aliphatic carbocycles. The van der Waals surface area contributed by atoms with Crippen LogP contribution in [0.25, 0.3) is 11.1 Å². The molecule has 1 N–H and O–H groups in total. The van der Waals surface area contributed by atoms with E-state index in [0.29, 0.717) is 29.5 Å². The summed E-state index contributed by atoms with van der Waals surface area (Å²) in [7, 11) is 3.25. The number of aryl methyl sites for hydroxylation is 1. The molecule has 2 aromatic carbocycles. The zero-order chi connectivity index (χ0) is 21.3. The highest BCUT2D eigenvalue weighted by Crippen LogP contribution is 2.42. The lowest BCUT2D eigenvalue weighted by molar-refractivity contribution is 0.0905. The molecule has 156 valence electrons. The molecule has 1 amide bonds. The summed E-state index contributed by atoms with van der Waals surface area (Å²) in [5, 5.41) is 3.38. The molecule has 1 aliphatic heterocycles. The Morgan fingerprint density at radius 1 is 1.20 bits per heavy atom. The van der Waals surface area contributed by atoms with Crippen molar-refractivity contribution in [1.82, 2.24) is 5.32 Å². The fourth-order valence-electron chi connectivity index (χ4n) is 3.59. The van der Waals surface area contributed by atoms with E-state index in [1.54, 1.807) is 20.3 Å². The Bertz CT molecular complexity index is 1090. The number of nitrogens with one attached hydrogen (secondary N) is 1. The molecule has 4 rings (SSSR count). The number of halogens is 1. The summed E-state index contributed by atoms with van der Waals surface area (Å²) >= 11 is 6.52. The van der Waals surface area contributed by atoms with Gasteiger partial charge in [0.25, 0.3) is 5.91 Å². The highest BCUT2D eigenvalue weighted by molar-refractivity contribution is 6.32. The zero-order valence-electron chi connectivity index (χ0n) is 17.0. The molecule has 30 heavy (non-hydrogen) atoms. The van der Waals surface area contributed by atoms with Gasteiger partial charge < -0.3 is 23.9 Å². The lowest BCUT2D eigenvalue weighted by atomic mass is 9.99. The van der Waals surface area contributed by atoms with Gasteiger partial charge in [-0.05, 0) is 48.9 Å². The minimum atomic E-state index is -0.259. The van der Waals surface area contributed by atoms with Gasteiger partial charge in [-0.2, -0.15) is 0 Å². The Hall–Kier alpha value is -3.12. The van der Waals surface area contributed by atoms with Crippen LogP contribution in [0.5, 0.6) is 17.2 Å². The number of carbonyl (C=O) groups is 1. The molecule has 0 saturated carbocycles. The number of furan rings is 1. The number of hydrogen-bond acceptors (Lipinski definition) is 5. The van der Waals surface area contributed by atoms with Crippen molar-refractivity contribution in [3.63, 3.8) is 0 Å². The number of amides is 1. The lowest BCUT2D eigenvalue weighted by Gasteiger charge is -2.13. The first-order chi connectivity index (χ1) is 14.5. The van der Waals surface area contributed by atoms with Crippen molar-refractivity contribution in [3.05, 3.63) is 64.6 Å². The second-order valence-electron chi connectivity index (χ2n) is 7.10. The fourth-order valence-corrected chi connectivity index (χ4v) is 3.87. The van der Waals surface area contributed by atoms with Crippen molar-refractivity contribution in [2.45, 2.75) is 19.4 Å². The van der Waals surface area contributed by atoms with E-state index in [4.69, 9.17) is 30.2 Å². The van der Waals surface area contributed by atoms with Gasteiger partial charge in [0.1, 0.15) is 23.4 Å². The standard InChI is InChI=1S/C23H22ClNO5/c1-13-6-7-29-21(13)23(26)25-12-17-9-15-8-14(10-19(24)22(15)30-17)18-11-16(27-2)4-5-20(18)28-3/h4-8,10-11,17H,9,12H2,1-3H3,(H,25,26). The largest absolute Gasteiger partial charge is 0.497 e. The molecule has 7 heteroatoms. The summed E-state index contributed by atoms with van der Waals surface area (Å²) in [6.07, 6.45) is 1.92. The predicted molar refractivity (Wildman–Crippen MR) is 114 cm³/mol. The van der Waals surface area contributed by atoms with Crippen LogP contribution in [0.1, 0.15) is 21.7 Å². The second kappa shape index (κ2) is 8.32. The number of ether oxygens (including phenoxy) is 3. The molecular weight excluding hydrogens is 406 g/mol. The van der Waals surface area contributed by atoms with Crippen molar-refractivity contribution in [3.8, 4) is 28.4 Å². The fraction of sp³-hybridized carbons (Fsp3) is 0.261. The van der Waals surface area contributed by atoms with Gasteiger partial charge in [-0.3, -0.25) is 4.79 Å². The molecule has 1 aromatic heterocycles. The van der Waals surface area contributed by atoms with Crippen LogP contribution in [-0.2, 0) is 6.42 Å². The van der Waals surface area contributed by atoms with E-state index in [-0.39, 0.29) is 12.0 Å². The molecule has 0 saturated heterocycles. The van der Waals surface area contributed by atoms with E-state index in [1.807, 2.05) is 37.3 Å². The highest BCUT2D eigenvalue weighted by atomic mass is 35.5. The molecule has 0 spiro atoms. The van der Waals surface area contributed by atoms with E-state index in [0.717, 1.165) is 33.8 Å². The smallest absolute Gasteiger partial charge is 0.287 e. The third kappa shape index (κ3) is 3.83. The van der Waals surface area contributed by atoms with Gasteiger partial charge in [0, 0.05) is 23.1 Å². The molecule has 0 radical (unpaired) electrons. The van der Waals surface area contributed by atoms with Crippen molar-refractivity contribution in [2.24, 2.45) is 0 Å². The van der Waals surface area contributed by atoms with E-state index in [1.165, 1.54) is 6.26 Å². The van der Waals surface area contributed by atoms with Crippen molar-refractivity contribution >= 4 is 17.5 Å². The van der Waals surface area contributed by atoms with Gasteiger partial charge >= 0.3 is 0 Å². The van der Waals surface area contributed by atoms with Crippen LogP contribution in [0.4, 0.5) is 0 Å². The first-order valence-corrected chi connectivity index (χ1v) is 9.91. The monoisotopic (exact) mass is 427 g/mol. The summed E-state index contributed by atoms with van der Waals surface area (Å²) in [6.45, 7) is 2.18. The van der Waals surface area contributed by atoms with Crippen LogP contribution < -0.4 is 19.5 Å². The van der Waals surface area contributed by atoms with Crippen LogP contribution >= 0.6 is 11.6 Å². The maximum atomic E-state index is 12.3. The number of methoxy groups -OCH3 is 2. The quantitative estimate of drug-likeness (QED) is 0.619. The van der Waals surface area contributed by atoms with Crippen molar-refractivity contribution in [2.75, 3.05) is 20.8 Å². The Kier molecular flexibility index (Phi) is 5.59. The minimum absolute atomic E-state index is 0.209. The van der Waals surface area contributed by atoms with Gasteiger partial charge in [-0.1, -0.05) is 11.6 Å². The van der Waals surface area contributed by atoms with E-state index < -0.39 is 0 Å². The van der Waals surface area contributed by atoms with Crippen molar-refractivity contribution in [1.29, 1.82) is 0 Å². The molecule has 1 unspecified atom stereocenters. The summed E-state index contributed by atoms with van der Waals surface area (Å²) in [6, 6.07) is 11.3. The molecule has 1 aliphatic rings. The Morgan fingerprint density at radius 3 is 2.73 bits per heavy atom. The van der Waals surface area contributed by atoms with Gasteiger partial charge in [0.15, 0.2) is 5.76 Å². The average Bonchev–Trinajstić information content (AvgIpc) is 3.37. The summed E-state index contributed by atoms with van der Waals surface area (Å²) < 4.78 is 22.1. The molecule has 2 heterocycles. The average molecular weight is 428 g/mol. The maximum absolute atomic E-state index is 12.3. The Morgan fingerprint density at radius 2 is 2.03 bits per heavy atom. The summed E-state index contributed by atoms with van der Waals surface area (Å²) in [4.78, 5) is 12.3. The van der Waals surface area contributed by atoms with E-state index in [2.05, 4.69) is 5.32 Å². The highest BCUT2D eigenvalue weighted by Gasteiger charge is 2.27. The molecule has 1 atom stereocenters. The summed E-state index contributed by atoms with van der Waals surface area (Å²) in [5.74, 6) is 2.16. The zero-order valence-corrected chi connectivity index (χ0v) is 17.7. The van der Waals surface area contributed by atoms with E-state index in [9.17, 15) is 4.79 Å². The molecule has 0 bridgehead atoms. The number of hydrogen-bond donors (Lipinski definition) is 1. The van der Waals surface area contributed by atoms with Gasteiger partial charge in [-0.15, -0.1) is 0 Å². The van der Waals surface area contributed by atoms with E-state index >= 15 is 0 Å². The first kappa shape index (κ1) is 20.2. The van der Waals surface area contributed by atoms with Gasteiger partial charge in [-0.25, -0.2) is 0 Å². The molecule has 0 fully saturated rings. The van der Waals surface area contributed by atoms with Crippen molar-refractivity contribution < 1.29 is 23.4 Å². The third-order valence-corrected chi connectivity index (χ3v) is 5.41. The minimum Gasteiger partial charge on any atom is -0.497 e. The third-order valence-electron chi connectivity index (χ3n) is 5.13. The second-order valence-corrected chi connectivity index (χ2v) is 7.51. The van der Waals surface area contributed by atoms with Gasteiger partial charge in [0.2, 0.25) is 0 Å². The Labute approximate surface area is 179 Å². The molecule has 6 nitrogen and oxygen atoms in total. The van der Waals surface area contributed by atoms with Crippen LogP contribution in [0.15, 0.2) is 47.1 Å². The maximum Gasteiger partial charge on any atom is 0.287 e. The number of fused-ring (bicyclic) bond motifs is 1. The lowest BCUT2D eigenvalue weighted by Crippen LogP contribution is -2.34. The molecular formula is C23H22ClNO5. The summed E-state index contributed by atoms with van der Waals surface area (Å²) in [5.41, 5.74) is 3.57. The van der Waals surface area contributed by atoms with Gasteiger partial charge in [0.05, 0.1) is 32.1 Å².